The summed E-state index contributed by atoms with van der Waals surface area (Å²) in [6.07, 6.45) is 0. The molecule has 0 spiro atoms. The van der Waals surface area contributed by atoms with E-state index in [0.29, 0.717) is 0 Å². The van der Waals surface area contributed by atoms with Crippen molar-refractivity contribution >= 4 is 75.4 Å². The molecule has 0 N–H and O–H groups in total. The van der Waals surface area contributed by atoms with Gasteiger partial charge in [-0.2, -0.15) is 0 Å². The first kappa shape index (κ1) is 39.9. The van der Waals surface area contributed by atoms with Gasteiger partial charge in [0.1, 0.15) is 0 Å². The van der Waals surface area contributed by atoms with Gasteiger partial charge in [-0.25, -0.2) is 0 Å². The molecule has 1 aliphatic rings. The van der Waals surface area contributed by atoms with Gasteiger partial charge in [-0.3, -0.25) is 0 Å². The molecule has 14 aromatic carbocycles. The Balaban J connectivity index is 0.989. The maximum atomic E-state index is 2.54. The van der Waals surface area contributed by atoms with Gasteiger partial charge in [0.05, 0.1) is 5.41 Å². The summed E-state index contributed by atoms with van der Waals surface area (Å²) in [6.45, 7) is 0. The fraction of sp³-hybridized carbons (Fsp3) is 0.0141. The zero-order valence-corrected chi connectivity index (χ0v) is 38.9. The number of benzene rings is 14. The Labute approximate surface area is 412 Å². The zero-order chi connectivity index (χ0) is 46.6. The monoisotopic (exact) mass is 896 g/mol. The summed E-state index contributed by atoms with van der Waals surface area (Å²) in [6, 6.07) is 100. The van der Waals surface area contributed by atoms with Crippen molar-refractivity contribution in [2.24, 2.45) is 0 Å². The lowest BCUT2D eigenvalue weighted by molar-refractivity contribution is 0.783. The summed E-state index contributed by atoms with van der Waals surface area (Å²) < 4.78 is 0. The second kappa shape index (κ2) is 15.5. The van der Waals surface area contributed by atoms with Crippen molar-refractivity contribution in [2.75, 3.05) is 0 Å². The molecule has 0 heteroatoms. The van der Waals surface area contributed by atoms with Crippen LogP contribution in [0.15, 0.2) is 267 Å². The summed E-state index contributed by atoms with van der Waals surface area (Å²) in [4.78, 5) is 0. The second-order valence-corrected chi connectivity index (χ2v) is 19.3. The molecule has 14 aromatic rings. The Bertz CT molecular complexity index is 4390. The van der Waals surface area contributed by atoms with Crippen molar-refractivity contribution in [1.29, 1.82) is 0 Å². The van der Waals surface area contributed by atoms with Gasteiger partial charge in [0.2, 0.25) is 0 Å². The molecule has 71 heavy (non-hydrogen) atoms. The highest BCUT2D eigenvalue weighted by Crippen LogP contribution is 2.62. The summed E-state index contributed by atoms with van der Waals surface area (Å²) in [5, 5.41) is 17.8. The van der Waals surface area contributed by atoms with Crippen LogP contribution in [0.25, 0.3) is 120 Å². The maximum absolute atomic E-state index is 2.54. The third kappa shape index (κ3) is 5.62. The normalized spacial score (nSPS) is 12.9. The summed E-state index contributed by atoms with van der Waals surface area (Å²) in [7, 11) is 0. The molecule has 0 amide bonds. The van der Waals surface area contributed by atoms with Crippen molar-refractivity contribution in [3.8, 4) is 44.5 Å². The van der Waals surface area contributed by atoms with E-state index < -0.39 is 5.41 Å². The predicted molar refractivity (Wildman–Crippen MR) is 303 cm³/mol. The molecular formula is C71H44. The molecule has 0 saturated carbocycles. The topological polar surface area (TPSA) is 0 Å². The average Bonchev–Trinajstić information content (AvgIpc) is 3.77. The summed E-state index contributed by atoms with van der Waals surface area (Å²) >= 11 is 0. The van der Waals surface area contributed by atoms with E-state index >= 15 is 0 Å². The van der Waals surface area contributed by atoms with E-state index in [9.17, 15) is 0 Å². The molecule has 1 aliphatic carbocycles. The van der Waals surface area contributed by atoms with Crippen LogP contribution in [0.1, 0.15) is 22.3 Å². The van der Waals surface area contributed by atoms with Crippen LogP contribution in [0.5, 0.6) is 0 Å². The Morgan fingerprint density at radius 1 is 0.197 bits per heavy atom. The van der Waals surface area contributed by atoms with E-state index in [1.165, 1.54) is 142 Å². The minimum atomic E-state index is -0.591. The van der Waals surface area contributed by atoms with Gasteiger partial charge in [-0.1, -0.05) is 255 Å². The third-order valence-electron chi connectivity index (χ3n) is 15.9. The molecule has 15 rings (SSSR count). The van der Waals surface area contributed by atoms with Crippen LogP contribution in [0.2, 0.25) is 0 Å². The molecule has 0 saturated heterocycles. The average molecular weight is 897 g/mol. The van der Waals surface area contributed by atoms with E-state index in [2.05, 4.69) is 267 Å². The number of fused-ring (bicyclic) bond motifs is 15. The molecule has 0 aromatic heterocycles. The van der Waals surface area contributed by atoms with Gasteiger partial charge < -0.3 is 0 Å². The molecule has 0 heterocycles. The molecule has 0 aliphatic heterocycles. The van der Waals surface area contributed by atoms with E-state index in [4.69, 9.17) is 0 Å². The summed E-state index contributed by atoms with van der Waals surface area (Å²) in [5.74, 6) is 0. The zero-order valence-electron chi connectivity index (χ0n) is 38.9. The molecule has 0 radical (unpaired) electrons. The van der Waals surface area contributed by atoms with Crippen LogP contribution in [0.4, 0.5) is 0 Å². The fourth-order valence-corrected chi connectivity index (χ4v) is 13.1. The first-order valence-corrected chi connectivity index (χ1v) is 24.8. The number of rotatable bonds is 5. The Morgan fingerprint density at radius 3 is 1.11 bits per heavy atom. The molecular weight excluding hydrogens is 853 g/mol. The lowest BCUT2D eigenvalue weighted by atomic mass is 9.65. The van der Waals surface area contributed by atoms with Crippen molar-refractivity contribution < 1.29 is 0 Å². The van der Waals surface area contributed by atoms with Crippen molar-refractivity contribution in [3.63, 3.8) is 0 Å². The minimum absolute atomic E-state index is 0.591. The maximum Gasteiger partial charge on any atom is 0.0725 e. The lowest BCUT2D eigenvalue weighted by Crippen LogP contribution is -2.29. The Kier molecular flexibility index (Phi) is 8.68. The smallest absolute Gasteiger partial charge is 0.0622 e. The van der Waals surface area contributed by atoms with Gasteiger partial charge >= 0.3 is 0 Å². The van der Waals surface area contributed by atoms with E-state index in [0.717, 1.165) is 0 Å². The fourth-order valence-electron chi connectivity index (χ4n) is 13.1. The highest BCUT2D eigenvalue weighted by Gasteiger charge is 2.49. The molecule has 328 valence electrons. The van der Waals surface area contributed by atoms with Gasteiger partial charge in [0, 0.05) is 0 Å². The first-order chi connectivity index (χ1) is 35.3. The van der Waals surface area contributed by atoms with E-state index in [1.807, 2.05) is 0 Å². The highest BCUT2D eigenvalue weighted by atomic mass is 14.5. The van der Waals surface area contributed by atoms with E-state index in [1.54, 1.807) is 0 Å². The number of hydrogen-bond donors (Lipinski definition) is 0. The molecule has 0 atom stereocenters. The molecule has 0 unspecified atom stereocenters. The van der Waals surface area contributed by atoms with Gasteiger partial charge in [0.15, 0.2) is 0 Å². The molecule has 0 bridgehead atoms. The predicted octanol–water partition coefficient (Wildman–Crippen LogP) is 19.1. The number of hydrogen-bond acceptors (Lipinski definition) is 0. The Morgan fingerprint density at radius 2 is 0.563 bits per heavy atom. The molecule has 0 nitrogen and oxygen atoms in total. The van der Waals surface area contributed by atoms with Gasteiger partial charge in [-0.15, -0.1) is 0 Å². The van der Waals surface area contributed by atoms with Crippen molar-refractivity contribution in [2.45, 2.75) is 5.41 Å². The standard InChI is InChI=1S/C71H44/c1-3-22-48(23-4-1)71(49-24-5-2-6-25-49)69-61-37-19-13-31-55(61)63(44-65(69)68-56-32-14-11-28-52(56)53-29-12-20-38-62(53)70(68)71)45-39-41-46(42-40-45)66-57-33-15-17-35-59(57)67(60-36-18-16-34-58(60)66)64-43-47-21-7-8-26-50(47)51-27-9-10-30-54(51)64/h1-44H. The van der Waals surface area contributed by atoms with E-state index in [-0.39, 0.29) is 0 Å². The highest BCUT2D eigenvalue weighted by molar-refractivity contribution is 6.26. The first-order valence-electron chi connectivity index (χ1n) is 24.8. The van der Waals surface area contributed by atoms with Crippen LogP contribution in [-0.4, -0.2) is 0 Å². The van der Waals surface area contributed by atoms with Crippen molar-refractivity contribution in [1.82, 2.24) is 0 Å². The quantitative estimate of drug-likeness (QED) is 0.119. The third-order valence-corrected chi connectivity index (χ3v) is 15.9. The van der Waals surface area contributed by atoms with Crippen LogP contribution in [-0.2, 0) is 5.41 Å². The molecule has 0 fully saturated rings. The largest absolute Gasteiger partial charge is 0.0725 e. The summed E-state index contributed by atoms with van der Waals surface area (Å²) in [5.41, 5.74) is 14.7. The van der Waals surface area contributed by atoms with Crippen LogP contribution >= 0.6 is 0 Å². The van der Waals surface area contributed by atoms with Gasteiger partial charge in [0.25, 0.3) is 0 Å². The van der Waals surface area contributed by atoms with Crippen LogP contribution < -0.4 is 0 Å². The lowest BCUT2D eigenvalue weighted by Gasteiger charge is -2.35. The SMILES string of the molecule is c1ccc(C2(c3ccccc3)c3c(cc(-c4ccc(-c5c6ccccc6c(-c6cc7ccccc7c7ccccc67)c6ccccc56)cc4)c4ccccc34)-c3c2c2ccccc2c2ccccc32)cc1. The van der Waals surface area contributed by atoms with Crippen LogP contribution in [0.3, 0.4) is 0 Å². The Hall–Kier alpha value is -9.10. The van der Waals surface area contributed by atoms with Crippen molar-refractivity contribution in [3.05, 3.63) is 289 Å². The van der Waals surface area contributed by atoms with Gasteiger partial charge in [-0.05, 0) is 154 Å². The second-order valence-electron chi connectivity index (χ2n) is 19.3. The van der Waals surface area contributed by atoms with Crippen LogP contribution in [0, 0.1) is 0 Å². The minimum Gasteiger partial charge on any atom is -0.0622 e.